The van der Waals surface area contributed by atoms with E-state index in [1.165, 1.54) is 0 Å². The van der Waals surface area contributed by atoms with E-state index in [2.05, 4.69) is 36.4 Å². The van der Waals surface area contributed by atoms with E-state index in [1.54, 1.807) is 17.3 Å². The molecule has 1 aromatic carbocycles. The second-order valence-electron chi connectivity index (χ2n) is 6.22. The van der Waals surface area contributed by atoms with E-state index in [1.807, 2.05) is 30.3 Å². The Labute approximate surface area is 157 Å². The molecule has 3 heterocycles. The molecule has 2 aromatic heterocycles. The quantitative estimate of drug-likeness (QED) is 0.686. The topological polar surface area (TPSA) is 91.0 Å². The molecule has 1 saturated heterocycles. The molecule has 1 atom stereocenters. The Balaban J connectivity index is 1.47. The number of pyridine rings is 1. The summed E-state index contributed by atoms with van der Waals surface area (Å²) in [5.74, 6) is -0.0448. The van der Waals surface area contributed by atoms with Crippen LogP contribution in [0.3, 0.4) is 0 Å². The first kappa shape index (κ1) is 16.7. The van der Waals surface area contributed by atoms with Gasteiger partial charge in [-0.15, -0.1) is 0 Å². The minimum atomic E-state index is -0.388. The summed E-state index contributed by atoms with van der Waals surface area (Å²) in [5, 5.41) is 11.0. The zero-order valence-corrected chi connectivity index (χ0v) is 15.4. The van der Waals surface area contributed by atoms with Gasteiger partial charge in [-0.1, -0.05) is 22.0 Å². The van der Waals surface area contributed by atoms with E-state index in [0.29, 0.717) is 18.9 Å². The van der Waals surface area contributed by atoms with Gasteiger partial charge in [-0.3, -0.25) is 24.6 Å². The molecular formula is C18H16BrN5O2. The van der Waals surface area contributed by atoms with Crippen molar-refractivity contribution in [1.29, 1.82) is 0 Å². The first-order valence-corrected chi connectivity index (χ1v) is 9.02. The number of carbonyl (C=O) groups is 2. The lowest BCUT2D eigenvalue weighted by molar-refractivity contribution is -0.126. The molecule has 8 heteroatoms. The van der Waals surface area contributed by atoms with Gasteiger partial charge in [0.1, 0.15) is 0 Å². The molecule has 132 valence electrons. The molecule has 1 aliphatic heterocycles. The fourth-order valence-corrected chi connectivity index (χ4v) is 3.47. The van der Waals surface area contributed by atoms with Gasteiger partial charge in [0.05, 0.1) is 11.4 Å². The summed E-state index contributed by atoms with van der Waals surface area (Å²) in [5.41, 5.74) is 1.76. The summed E-state index contributed by atoms with van der Waals surface area (Å²) in [7, 11) is 0. The van der Waals surface area contributed by atoms with Crippen LogP contribution in [0.4, 0.5) is 5.82 Å². The van der Waals surface area contributed by atoms with Crippen LogP contribution < -0.4 is 10.2 Å². The number of hydrogen-bond acceptors (Lipinski definition) is 4. The lowest BCUT2D eigenvalue weighted by Gasteiger charge is -2.14. The Kier molecular flexibility index (Phi) is 4.42. The summed E-state index contributed by atoms with van der Waals surface area (Å²) < 4.78 is 0.931. The van der Waals surface area contributed by atoms with Crippen molar-refractivity contribution < 1.29 is 9.59 Å². The van der Waals surface area contributed by atoms with E-state index in [9.17, 15) is 9.59 Å². The van der Waals surface area contributed by atoms with E-state index < -0.39 is 0 Å². The largest absolute Gasteiger partial charge is 0.352 e. The van der Waals surface area contributed by atoms with Crippen molar-refractivity contribution >= 4 is 44.5 Å². The molecule has 4 rings (SSSR count). The third-order valence-electron chi connectivity index (χ3n) is 4.45. The number of anilines is 1. The van der Waals surface area contributed by atoms with Crippen molar-refractivity contribution in [2.24, 2.45) is 5.92 Å². The van der Waals surface area contributed by atoms with Crippen LogP contribution >= 0.6 is 15.9 Å². The zero-order chi connectivity index (χ0) is 18.1. The number of fused-ring (bicyclic) bond motifs is 1. The second kappa shape index (κ2) is 6.87. The predicted molar refractivity (Wildman–Crippen MR) is 100 cm³/mol. The van der Waals surface area contributed by atoms with Crippen molar-refractivity contribution in [3.05, 3.63) is 52.8 Å². The smallest absolute Gasteiger partial charge is 0.229 e. The van der Waals surface area contributed by atoms with Crippen LogP contribution in [0.2, 0.25) is 0 Å². The average molecular weight is 414 g/mol. The van der Waals surface area contributed by atoms with Gasteiger partial charge in [-0.05, 0) is 29.8 Å². The zero-order valence-electron chi connectivity index (χ0n) is 13.8. The lowest BCUT2D eigenvalue weighted by Crippen LogP contribution is -2.32. The van der Waals surface area contributed by atoms with E-state index in [-0.39, 0.29) is 24.2 Å². The van der Waals surface area contributed by atoms with E-state index >= 15 is 0 Å². The molecule has 1 unspecified atom stereocenters. The molecule has 1 fully saturated rings. The molecular weight excluding hydrogens is 398 g/mol. The fourth-order valence-electron chi connectivity index (χ4n) is 3.11. The Bertz CT molecular complexity index is 972. The fraction of sp³-hybridized carbons (Fsp3) is 0.222. The number of carbonyl (C=O) groups excluding carboxylic acids is 2. The van der Waals surface area contributed by atoms with Gasteiger partial charge in [0.2, 0.25) is 11.8 Å². The molecule has 7 nitrogen and oxygen atoms in total. The molecule has 2 N–H and O–H groups in total. The van der Waals surface area contributed by atoms with Crippen LogP contribution in [0.5, 0.6) is 0 Å². The molecule has 0 aliphatic carbocycles. The van der Waals surface area contributed by atoms with Crippen molar-refractivity contribution in [3.63, 3.8) is 0 Å². The van der Waals surface area contributed by atoms with Crippen molar-refractivity contribution in [1.82, 2.24) is 20.5 Å². The molecule has 1 aliphatic rings. The summed E-state index contributed by atoms with van der Waals surface area (Å²) in [4.78, 5) is 30.5. The van der Waals surface area contributed by atoms with Gasteiger partial charge >= 0.3 is 0 Å². The van der Waals surface area contributed by atoms with Crippen LogP contribution in [0.1, 0.15) is 12.0 Å². The number of benzene rings is 1. The van der Waals surface area contributed by atoms with Crippen molar-refractivity contribution in [3.8, 4) is 0 Å². The Morgan fingerprint density at radius 1 is 1.38 bits per heavy atom. The van der Waals surface area contributed by atoms with Gasteiger partial charge in [-0.2, -0.15) is 5.10 Å². The normalized spacial score (nSPS) is 17.0. The summed E-state index contributed by atoms with van der Waals surface area (Å²) >= 11 is 3.42. The first-order valence-electron chi connectivity index (χ1n) is 8.22. The van der Waals surface area contributed by atoms with E-state index in [0.717, 1.165) is 20.9 Å². The Hall–Kier alpha value is -2.74. The maximum Gasteiger partial charge on any atom is 0.229 e. The van der Waals surface area contributed by atoms with Gasteiger partial charge in [-0.25, -0.2) is 0 Å². The number of halogens is 1. The standard InChI is InChI=1S/C18H16BrN5O2/c19-13-3-4-14-15(7-13)22-23-17(14)24-10-12(6-16(24)25)18(26)21-9-11-2-1-5-20-8-11/h1-5,7-8,12H,6,9-10H2,(H,21,26)(H,22,23). The van der Waals surface area contributed by atoms with Crippen molar-refractivity contribution in [2.75, 3.05) is 11.4 Å². The van der Waals surface area contributed by atoms with Crippen LogP contribution in [-0.2, 0) is 16.1 Å². The monoisotopic (exact) mass is 413 g/mol. The molecule has 0 spiro atoms. The number of amides is 2. The third kappa shape index (κ3) is 3.20. The maximum absolute atomic E-state index is 12.4. The van der Waals surface area contributed by atoms with Gasteiger partial charge in [0.15, 0.2) is 5.82 Å². The van der Waals surface area contributed by atoms with Crippen molar-refractivity contribution in [2.45, 2.75) is 13.0 Å². The molecule has 26 heavy (non-hydrogen) atoms. The summed E-state index contributed by atoms with van der Waals surface area (Å²) in [6.07, 6.45) is 3.58. The summed E-state index contributed by atoms with van der Waals surface area (Å²) in [6.45, 7) is 0.727. The van der Waals surface area contributed by atoms with Gasteiger partial charge in [0.25, 0.3) is 0 Å². The number of nitrogens with zero attached hydrogens (tertiary/aromatic N) is 3. The third-order valence-corrected chi connectivity index (χ3v) is 4.94. The number of aromatic nitrogens is 3. The minimum absolute atomic E-state index is 0.0946. The van der Waals surface area contributed by atoms with Gasteiger partial charge in [0, 0.05) is 41.8 Å². The maximum atomic E-state index is 12.4. The number of nitrogens with one attached hydrogen (secondary N) is 2. The summed E-state index contributed by atoms with van der Waals surface area (Å²) in [6, 6.07) is 9.43. The molecule has 0 bridgehead atoms. The van der Waals surface area contributed by atoms with Crippen LogP contribution in [-0.4, -0.2) is 33.5 Å². The first-order chi connectivity index (χ1) is 12.6. The second-order valence-corrected chi connectivity index (χ2v) is 7.14. The van der Waals surface area contributed by atoms with Gasteiger partial charge < -0.3 is 5.32 Å². The molecule has 3 aromatic rings. The Morgan fingerprint density at radius 2 is 2.27 bits per heavy atom. The predicted octanol–water partition coefficient (Wildman–Crippen LogP) is 2.39. The number of aromatic amines is 1. The average Bonchev–Trinajstić information content (AvgIpc) is 3.23. The highest BCUT2D eigenvalue weighted by atomic mass is 79.9. The lowest BCUT2D eigenvalue weighted by atomic mass is 10.1. The Morgan fingerprint density at radius 3 is 3.08 bits per heavy atom. The SMILES string of the molecule is O=C(NCc1cccnc1)C1CC(=O)N(c2n[nH]c3cc(Br)ccc23)C1. The molecule has 0 saturated carbocycles. The number of H-pyrrole nitrogens is 1. The molecule has 0 radical (unpaired) electrons. The number of rotatable bonds is 4. The number of hydrogen-bond donors (Lipinski definition) is 2. The van der Waals surface area contributed by atoms with E-state index in [4.69, 9.17) is 0 Å². The van der Waals surface area contributed by atoms with Crippen LogP contribution in [0, 0.1) is 5.92 Å². The van der Waals surface area contributed by atoms with Crippen LogP contribution in [0.25, 0.3) is 10.9 Å². The highest BCUT2D eigenvalue weighted by Crippen LogP contribution is 2.31. The highest BCUT2D eigenvalue weighted by molar-refractivity contribution is 9.10. The molecule has 2 amide bonds. The van der Waals surface area contributed by atoms with Crippen LogP contribution in [0.15, 0.2) is 47.2 Å². The minimum Gasteiger partial charge on any atom is -0.352 e. The highest BCUT2D eigenvalue weighted by Gasteiger charge is 2.36.